The summed E-state index contributed by atoms with van der Waals surface area (Å²) in [5.41, 5.74) is 3.59. The molecule has 6 heterocycles. The number of piperidine rings is 3. The van der Waals surface area contributed by atoms with E-state index in [2.05, 4.69) is 52.8 Å². The molecule has 14 nitrogen and oxygen atoms in total. The lowest BCUT2D eigenvalue weighted by molar-refractivity contribution is -0.137. The Morgan fingerprint density at radius 1 is 0.881 bits per heavy atom. The summed E-state index contributed by atoms with van der Waals surface area (Å²) in [4.78, 5) is 74.0. The van der Waals surface area contributed by atoms with Gasteiger partial charge in [-0.1, -0.05) is 47.2 Å². The van der Waals surface area contributed by atoms with Crippen molar-refractivity contribution in [3.8, 4) is 0 Å². The number of anilines is 5. The molecule has 2 aromatic carbocycles. The van der Waals surface area contributed by atoms with E-state index in [4.69, 9.17) is 16.6 Å². The van der Waals surface area contributed by atoms with E-state index in [1.807, 2.05) is 49.1 Å². The Morgan fingerprint density at radius 3 is 2.39 bits per heavy atom. The predicted octanol–water partition coefficient (Wildman–Crippen LogP) is 6.00. The van der Waals surface area contributed by atoms with E-state index in [9.17, 15) is 19.2 Å². The van der Waals surface area contributed by atoms with Crippen molar-refractivity contribution in [3.05, 3.63) is 81.6 Å². The fraction of sp³-hybridized carbons (Fsp3) is 0.465. The number of rotatable bonds is 10. The number of nitrogens with zero attached hydrogens (tertiary/aromatic N) is 7. The summed E-state index contributed by atoms with van der Waals surface area (Å²) in [5.74, 6) is 2.01. The van der Waals surface area contributed by atoms with E-state index in [0.29, 0.717) is 77.3 Å². The van der Waals surface area contributed by atoms with Crippen molar-refractivity contribution >= 4 is 74.7 Å². The monoisotopic (exact) mass is 838 g/mol. The number of hydrogen-bond acceptors (Lipinski definition) is 12. The number of carbonyl (C=O) groups excluding carboxylic acids is 4. The molecule has 0 spiro atoms. The van der Waals surface area contributed by atoms with Crippen molar-refractivity contribution in [2.75, 3.05) is 79.3 Å². The van der Waals surface area contributed by atoms with Gasteiger partial charge in [0, 0.05) is 69.9 Å². The first-order chi connectivity index (χ1) is 28.6. The number of nitrogens with one attached hydrogen (secondary N) is 3. The molecule has 0 aliphatic carbocycles. The number of amides is 4. The van der Waals surface area contributed by atoms with Gasteiger partial charge in [-0.3, -0.25) is 24.5 Å². The van der Waals surface area contributed by atoms with Crippen LogP contribution >= 0.6 is 22.9 Å². The molecule has 4 aromatic rings. The molecular weight excluding hydrogens is 788 g/mol. The average molecular weight is 839 g/mol. The molecule has 0 saturated carbocycles. The van der Waals surface area contributed by atoms with Gasteiger partial charge in [0.25, 0.3) is 5.91 Å². The Bertz CT molecular complexity index is 2170. The number of likely N-dealkylation sites (tertiary alicyclic amines) is 1. The molecule has 4 fully saturated rings. The molecule has 1 atom stereocenters. The van der Waals surface area contributed by atoms with Crippen LogP contribution in [0.2, 0.25) is 5.02 Å². The molecule has 1 unspecified atom stereocenters. The van der Waals surface area contributed by atoms with Crippen LogP contribution in [0, 0.1) is 25.7 Å². The van der Waals surface area contributed by atoms with Gasteiger partial charge in [0.15, 0.2) is 5.13 Å². The molecule has 0 bridgehead atoms. The fourth-order valence-electron chi connectivity index (χ4n) is 8.76. The molecule has 3 N–H and O–H groups in total. The van der Waals surface area contributed by atoms with E-state index in [-0.39, 0.29) is 35.5 Å². The second kappa shape index (κ2) is 18.0. The molecular formula is C43H51ClN10O4S. The van der Waals surface area contributed by atoms with Gasteiger partial charge in [0.2, 0.25) is 17.7 Å². The topological polar surface area (TPSA) is 156 Å². The largest absolute Gasteiger partial charge is 0.372 e. The van der Waals surface area contributed by atoms with Gasteiger partial charge >= 0.3 is 0 Å². The number of aromatic nitrogens is 3. The van der Waals surface area contributed by atoms with E-state index >= 15 is 0 Å². The van der Waals surface area contributed by atoms with Gasteiger partial charge in [-0.25, -0.2) is 15.0 Å². The number of imide groups is 1. The summed E-state index contributed by atoms with van der Waals surface area (Å²) in [6.45, 7) is 11.3. The quantitative estimate of drug-likeness (QED) is 0.161. The van der Waals surface area contributed by atoms with Crippen molar-refractivity contribution in [3.63, 3.8) is 0 Å². The summed E-state index contributed by atoms with van der Waals surface area (Å²) < 4.78 is 0. The van der Waals surface area contributed by atoms with E-state index in [1.165, 1.54) is 17.5 Å². The molecule has 2 aromatic heterocycles. The van der Waals surface area contributed by atoms with Crippen molar-refractivity contribution in [1.29, 1.82) is 0 Å². The fourth-order valence-corrected chi connectivity index (χ4v) is 9.74. The van der Waals surface area contributed by atoms with Crippen LogP contribution in [0.15, 0.2) is 54.7 Å². The maximum Gasteiger partial charge on any atom is 0.267 e. The van der Waals surface area contributed by atoms with Gasteiger partial charge in [0.05, 0.1) is 22.8 Å². The van der Waals surface area contributed by atoms with Crippen molar-refractivity contribution in [1.82, 2.24) is 30.1 Å². The maximum absolute atomic E-state index is 13.7. The summed E-state index contributed by atoms with van der Waals surface area (Å²) >= 11 is 7.53. The minimum absolute atomic E-state index is 0.0624. The van der Waals surface area contributed by atoms with Gasteiger partial charge in [0.1, 0.15) is 22.3 Å². The highest BCUT2D eigenvalue weighted by molar-refractivity contribution is 7.17. The van der Waals surface area contributed by atoms with Gasteiger partial charge in [-0.05, 0) is 94.3 Å². The van der Waals surface area contributed by atoms with Crippen LogP contribution in [0.5, 0.6) is 0 Å². The lowest BCUT2D eigenvalue weighted by Crippen LogP contribution is -2.52. The first-order valence-corrected chi connectivity index (χ1v) is 21.9. The van der Waals surface area contributed by atoms with Gasteiger partial charge < -0.3 is 30.2 Å². The minimum Gasteiger partial charge on any atom is -0.372 e. The zero-order valence-electron chi connectivity index (χ0n) is 33.6. The van der Waals surface area contributed by atoms with Crippen LogP contribution in [-0.2, 0) is 14.4 Å². The zero-order valence-corrected chi connectivity index (χ0v) is 35.2. The Hall–Kier alpha value is -5.12. The molecule has 4 aliphatic heterocycles. The number of carbonyl (C=O) groups is 4. The Kier molecular flexibility index (Phi) is 12.4. The van der Waals surface area contributed by atoms with Crippen LogP contribution in [0.4, 0.5) is 28.1 Å². The lowest BCUT2D eigenvalue weighted by Gasteiger charge is -2.40. The Morgan fingerprint density at radius 2 is 1.64 bits per heavy atom. The first kappa shape index (κ1) is 40.7. The van der Waals surface area contributed by atoms with Crippen LogP contribution < -0.4 is 25.8 Å². The van der Waals surface area contributed by atoms with Crippen LogP contribution in [-0.4, -0.2) is 107 Å². The van der Waals surface area contributed by atoms with Crippen LogP contribution in [0.3, 0.4) is 0 Å². The van der Waals surface area contributed by atoms with E-state index in [0.717, 1.165) is 81.0 Å². The number of para-hydroxylation sites is 1. The molecule has 8 rings (SSSR count). The number of benzene rings is 2. The predicted molar refractivity (Wildman–Crippen MR) is 231 cm³/mol. The third-order valence-electron chi connectivity index (χ3n) is 12.1. The number of hydrogen-bond donors (Lipinski definition) is 3. The number of piperazine rings is 1. The minimum atomic E-state index is -0.286. The average Bonchev–Trinajstić information content (AvgIpc) is 3.71. The molecule has 59 heavy (non-hydrogen) atoms. The highest BCUT2D eigenvalue weighted by Gasteiger charge is 2.33. The third kappa shape index (κ3) is 9.69. The van der Waals surface area contributed by atoms with Crippen LogP contribution in [0.25, 0.3) is 0 Å². The van der Waals surface area contributed by atoms with Gasteiger partial charge in [-0.15, -0.1) is 0 Å². The second-order valence-electron chi connectivity index (χ2n) is 16.1. The highest BCUT2D eigenvalue weighted by Crippen LogP contribution is 2.32. The van der Waals surface area contributed by atoms with E-state index in [1.54, 1.807) is 6.07 Å². The molecule has 4 aliphatic rings. The normalized spacial score (nSPS) is 19.8. The molecule has 16 heteroatoms. The second-order valence-corrected chi connectivity index (χ2v) is 17.6. The Labute approximate surface area is 353 Å². The summed E-state index contributed by atoms with van der Waals surface area (Å²) in [5, 5.41) is 9.63. The maximum atomic E-state index is 13.7. The van der Waals surface area contributed by atoms with Gasteiger partial charge in [-0.2, -0.15) is 0 Å². The summed E-state index contributed by atoms with van der Waals surface area (Å²) in [6.07, 6.45) is 6.50. The van der Waals surface area contributed by atoms with Crippen LogP contribution in [0.1, 0.15) is 71.1 Å². The molecule has 0 radical (unpaired) electrons. The number of aryl methyl sites for hydroxylation is 2. The van der Waals surface area contributed by atoms with Crippen molar-refractivity contribution < 1.29 is 19.2 Å². The van der Waals surface area contributed by atoms with E-state index < -0.39 is 0 Å². The Balaban J connectivity index is 0.768. The lowest BCUT2D eigenvalue weighted by atomic mass is 9.89. The summed E-state index contributed by atoms with van der Waals surface area (Å²) in [6, 6.07) is 15.6. The molecule has 310 valence electrons. The number of thiazole rings is 1. The van der Waals surface area contributed by atoms with Crippen molar-refractivity contribution in [2.45, 2.75) is 58.3 Å². The first-order valence-electron chi connectivity index (χ1n) is 20.7. The smallest absolute Gasteiger partial charge is 0.267 e. The summed E-state index contributed by atoms with van der Waals surface area (Å²) in [7, 11) is 0. The molecule has 4 amide bonds. The SMILES string of the molecule is Cc1nc(Nc2ncc(C(=O)Nc3c(C)cccc3Cl)s2)cc(N2CCN(C(=O)C3CCN(CC4CCN(c5cccc(C6CCC(=O)NC6=O)c5)CC4)CC3)CC2)n1. The number of halogens is 1. The third-order valence-corrected chi connectivity index (χ3v) is 13.3. The zero-order chi connectivity index (χ0) is 41.0. The molecule has 4 saturated heterocycles. The highest BCUT2D eigenvalue weighted by atomic mass is 35.5. The standard InChI is InChI=1S/C43H51ClN10O4S/c1-27-5-3-8-34(44)39(27)50-41(57)35-25-45-43(59-35)48-36-24-37(47-28(2)46-36)53-19-21-54(22-20-53)42(58)30-13-15-51(16-14-30)26-29-11-17-52(18-12-29)32-7-4-6-31(23-32)33-9-10-38(55)49-40(33)56/h3-8,23-25,29-30,33H,9-22,26H2,1-2H3,(H,50,57)(H,49,55,56)(H,45,46,47,48). The van der Waals surface area contributed by atoms with Crippen molar-refractivity contribution in [2.24, 2.45) is 11.8 Å².